The van der Waals surface area contributed by atoms with Gasteiger partial charge in [0.25, 0.3) is 11.5 Å². The molecule has 0 spiro atoms. The third-order valence-electron chi connectivity index (χ3n) is 7.46. The topological polar surface area (TPSA) is 96.8 Å². The Kier molecular flexibility index (Phi) is 8.13. The number of aromatic nitrogens is 2. The van der Waals surface area contributed by atoms with E-state index in [1.54, 1.807) is 36.4 Å². The number of fused-ring (bicyclic) bond motifs is 1. The second-order valence-corrected chi connectivity index (χ2v) is 10.3. The van der Waals surface area contributed by atoms with Crippen LogP contribution in [0, 0.1) is 0 Å². The molecular weight excluding hydrogens is 542 g/mol. The van der Waals surface area contributed by atoms with Crippen molar-refractivity contribution in [2.24, 2.45) is 0 Å². The lowest BCUT2D eigenvalue weighted by Crippen LogP contribution is -2.50. The Bertz CT molecular complexity index is 1780. The van der Waals surface area contributed by atoms with E-state index >= 15 is 0 Å². The summed E-state index contributed by atoms with van der Waals surface area (Å²) in [5.74, 6) is 0.0739. The van der Waals surface area contributed by atoms with Gasteiger partial charge in [-0.15, -0.1) is 0 Å². The molecule has 0 saturated carbocycles. The van der Waals surface area contributed by atoms with E-state index in [0.29, 0.717) is 35.6 Å². The number of hydrogen-bond donors (Lipinski definition) is 1. The summed E-state index contributed by atoms with van der Waals surface area (Å²) in [7, 11) is 0. The van der Waals surface area contributed by atoms with E-state index in [2.05, 4.69) is 27.4 Å². The van der Waals surface area contributed by atoms with Crippen LogP contribution in [-0.4, -0.2) is 59.3 Å². The van der Waals surface area contributed by atoms with E-state index in [-0.39, 0.29) is 30.5 Å². The summed E-state index contributed by atoms with van der Waals surface area (Å²) in [6, 6.07) is 33.8. The number of rotatable bonds is 8. The molecule has 9 heteroatoms. The molecule has 43 heavy (non-hydrogen) atoms. The SMILES string of the molecule is O=C(Cn1nc(-c2ccccc2)c2ccccc2c1=O)Nc1ccc(OCC(=O)N2CCN(c3ccccc3)CC2)cc1. The molecule has 1 fully saturated rings. The molecule has 216 valence electrons. The molecule has 6 rings (SSSR count). The van der Waals surface area contributed by atoms with Gasteiger partial charge in [0.05, 0.1) is 11.1 Å². The molecule has 2 heterocycles. The Balaban J connectivity index is 1.04. The number of benzene rings is 4. The van der Waals surface area contributed by atoms with Crippen LogP contribution < -0.4 is 20.5 Å². The van der Waals surface area contributed by atoms with Crippen LogP contribution in [0.25, 0.3) is 22.0 Å². The van der Waals surface area contributed by atoms with Crippen LogP contribution in [0.3, 0.4) is 0 Å². The minimum Gasteiger partial charge on any atom is -0.484 e. The summed E-state index contributed by atoms with van der Waals surface area (Å²) in [4.78, 5) is 42.9. The monoisotopic (exact) mass is 573 g/mol. The first-order valence-corrected chi connectivity index (χ1v) is 14.2. The summed E-state index contributed by atoms with van der Waals surface area (Å²) in [6.45, 7) is 2.54. The normalized spacial score (nSPS) is 13.1. The minimum atomic E-state index is -0.387. The van der Waals surface area contributed by atoms with Crippen molar-refractivity contribution in [3.8, 4) is 17.0 Å². The Morgan fingerprint density at radius 2 is 1.37 bits per heavy atom. The lowest BCUT2D eigenvalue weighted by molar-refractivity contribution is -0.133. The smallest absolute Gasteiger partial charge is 0.275 e. The number of anilines is 2. The maximum absolute atomic E-state index is 13.1. The Hall–Kier alpha value is -5.44. The van der Waals surface area contributed by atoms with E-state index in [1.807, 2.05) is 65.6 Å². The van der Waals surface area contributed by atoms with Crippen LogP contribution in [0.5, 0.6) is 5.75 Å². The van der Waals surface area contributed by atoms with Crippen molar-refractivity contribution in [2.45, 2.75) is 6.54 Å². The van der Waals surface area contributed by atoms with E-state index in [9.17, 15) is 14.4 Å². The third kappa shape index (κ3) is 6.41. The van der Waals surface area contributed by atoms with E-state index in [1.165, 1.54) is 4.68 Å². The van der Waals surface area contributed by atoms with Gasteiger partial charge in [-0.2, -0.15) is 5.10 Å². The van der Waals surface area contributed by atoms with E-state index in [4.69, 9.17) is 4.74 Å². The van der Waals surface area contributed by atoms with Gasteiger partial charge in [-0.1, -0.05) is 66.7 Å². The van der Waals surface area contributed by atoms with Crippen molar-refractivity contribution in [3.63, 3.8) is 0 Å². The van der Waals surface area contributed by atoms with Crippen molar-refractivity contribution in [2.75, 3.05) is 43.0 Å². The molecule has 1 aromatic heterocycles. The molecule has 0 radical (unpaired) electrons. The summed E-state index contributed by atoms with van der Waals surface area (Å²) in [5.41, 5.74) is 2.86. The van der Waals surface area contributed by atoms with Gasteiger partial charge < -0.3 is 19.9 Å². The average Bonchev–Trinajstić information content (AvgIpc) is 3.06. The van der Waals surface area contributed by atoms with Gasteiger partial charge in [-0.25, -0.2) is 4.68 Å². The molecule has 9 nitrogen and oxygen atoms in total. The number of nitrogens with zero attached hydrogens (tertiary/aromatic N) is 4. The molecular formula is C34H31N5O4. The predicted molar refractivity (Wildman–Crippen MR) is 167 cm³/mol. The van der Waals surface area contributed by atoms with Crippen molar-refractivity contribution in [3.05, 3.63) is 120 Å². The molecule has 0 bridgehead atoms. The van der Waals surface area contributed by atoms with Gasteiger partial charge in [-0.3, -0.25) is 14.4 Å². The first kappa shape index (κ1) is 27.7. The quantitative estimate of drug-likeness (QED) is 0.295. The third-order valence-corrected chi connectivity index (χ3v) is 7.46. The highest BCUT2D eigenvalue weighted by Crippen LogP contribution is 2.24. The summed E-state index contributed by atoms with van der Waals surface area (Å²) >= 11 is 0. The van der Waals surface area contributed by atoms with Crippen molar-refractivity contribution >= 4 is 34.0 Å². The van der Waals surface area contributed by atoms with Gasteiger partial charge in [0.1, 0.15) is 12.3 Å². The van der Waals surface area contributed by atoms with Crippen LogP contribution in [-0.2, 0) is 16.1 Å². The van der Waals surface area contributed by atoms with Crippen LogP contribution >= 0.6 is 0 Å². The Labute approximate surface area is 248 Å². The Morgan fingerprint density at radius 1 is 0.744 bits per heavy atom. The number of hydrogen-bond acceptors (Lipinski definition) is 6. The molecule has 0 atom stereocenters. The molecule has 1 aliphatic rings. The van der Waals surface area contributed by atoms with Crippen LogP contribution in [0.1, 0.15) is 0 Å². The zero-order chi connectivity index (χ0) is 29.6. The summed E-state index contributed by atoms with van der Waals surface area (Å²) < 4.78 is 6.92. The van der Waals surface area contributed by atoms with Crippen molar-refractivity contribution in [1.29, 1.82) is 0 Å². The average molecular weight is 574 g/mol. The van der Waals surface area contributed by atoms with Gasteiger partial charge in [0.15, 0.2) is 6.61 Å². The number of ether oxygens (including phenoxy) is 1. The molecule has 0 aliphatic carbocycles. The first-order chi connectivity index (χ1) is 21.0. The Morgan fingerprint density at radius 3 is 2.07 bits per heavy atom. The highest BCUT2D eigenvalue weighted by molar-refractivity contribution is 5.94. The zero-order valence-corrected chi connectivity index (χ0v) is 23.6. The number of piperazine rings is 1. The van der Waals surface area contributed by atoms with Crippen LogP contribution in [0.15, 0.2) is 114 Å². The number of carbonyl (C=O) groups excluding carboxylic acids is 2. The van der Waals surface area contributed by atoms with Gasteiger partial charge in [0.2, 0.25) is 5.91 Å². The fourth-order valence-corrected chi connectivity index (χ4v) is 5.21. The van der Waals surface area contributed by atoms with E-state index in [0.717, 1.165) is 29.7 Å². The van der Waals surface area contributed by atoms with Crippen molar-refractivity contribution < 1.29 is 14.3 Å². The second kappa shape index (κ2) is 12.6. The largest absolute Gasteiger partial charge is 0.484 e. The van der Waals surface area contributed by atoms with Gasteiger partial charge in [0, 0.05) is 48.5 Å². The second-order valence-electron chi connectivity index (χ2n) is 10.3. The number of amides is 2. The number of nitrogens with one attached hydrogen (secondary N) is 1. The van der Waals surface area contributed by atoms with Crippen LogP contribution in [0.4, 0.5) is 11.4 Å². The number of carbonyl (C=O) groups is 2. The fraction of sp³-hybridized carbons (Fsp3) is 0.176. The maximum Gasteiger partial charge on any atom is 0.275 e. The lowest BCUT2D eigenvalue weighted by atomic mass is 10.1. The lowest BCUT2D eigenvalue weighted by Gasteiger charge is -2.36. The predicted octanol–water partition coefficient (Wildman–Crippen LogP) is 4.43. The first-order valence-electron chi connectivity index (χ1n) is 14.2. The molecule has 4 aromatic carbocycles. The molecule has 1 saturated heterocycles. The molecule has 1 N–H and O–H groups in total. The van der Waals surface area contributed by atoms with Gasteiger partial charge >= 0.3 is 0 Å². The van der Waals surface area contributed by atoms with Crippen molar-refractivity contribution in [1.82, 2.24) is 14.7 Å². The zero-order valence-electron chi connectivity index (χ0n) is 23.6. The highest BCUT2D eigenvalue weighted by atomic mass is 16.5. The maximum atomic E-state index is 13.1. The van der Waals surface area contributed by atoms with Crippen LogP contribution in [0.2, 0.25) is 0 Å². The summed E-state index contributed by atoms with van der Waals surface area (Å²) in [5, 5.41) is 8.60. The standard InChI is InChI=1S/C34H31N5O4/c40-31(23-39-34(42)30-14-8-7-13-29(30)33(36-39)25-9-3-1-4-10-25)35-26-15-17-28(18-16-26)43-24-32(41)38-21-19-37(20-22-38)27-11-5-2-6-12-27/h1-18H,19-24H2,(H,35,40). The highest BCUT2D eigenvalue weighted by Gasteiger charge is 2.21. The fourth-order valence-electron chi connectivity index (χ4n) is 5.21. The van der Waals surface area contributed by atoms with Gasteiger partial charge in [-0.05, 0) is 42.5 Å². The minimum absolute atomic E-state index is 0.0582. The molecule has 1 aliphatic heterocycles. The van der Waals surface area contributed by atoms with E-state index < -0.39 is 0 Å². The molecule has 0 unspecified atom stereocenters. The molecule has 2 amide bonds. The summed E-state index contributed by atoms with van der Waals surface area (Å²) in [6.07, 6.45) is 0. The number of para-hydroxylation sites is 1. The molecule has 5 aromatic rings.